The second-order valence-electron chi connectivity index (χ2n) is 10.4. The predicted molar refractivity (Wildman–Crippen MR) is 144 cm³/mol. The highest BCUT2D eigenvalue weighted by Gasteiger charge is 2.37. The van der Waals surface area contributed by atoms with Gasteiger partial charge in [-0.25, -0.2) is 0 Å². The Balaban J connectivity index is 1.77. The minimum absolute atomic E-state index is 0.00422. The highest BCUT2D eigenvalue weighted by molar-refractivity contribution is 5.42. The van der Waals surface area contributed by atoms with Gasteiger partial charge in [-0.05, 0) is 71.8 Å². The van der Waals surface area contributed by atoms with Crippen LogP contribution in [0, 0.1) is 0 Å². The van der Waals surface area contributed by atoms with Gasteiger partial charge in [0.2, 0.25) is 0 Å². The van der Waals surface area contributed by atoms with Crippen molar-refractivity contribution in [1.82, 2.24) is 34.9 Å². The molecule has 0 spiro atoms. The number of likely N-dealkylation sites (N-methyl/N-ethyl adjacent to an activating group) is 1. The SMILES string of the molecule is CCC(c1ccc(C(F)(F)F)cc1CN(Cc1cc(C(F)(F)F)cc(C(F)(F)F)c1)c1nnn(C)n1)N(C)CCn1cccn1. The van der Waals surface area contributed by atoms with Gasteiger partial charge in [-0.1, -0.05) is 18.1 Å². The molecule has 4 rings (SSSR count). The van der Waals surface area contributed by atoms with E-state index in [0.717, 1.165) is 16.9 Å². The Hall–Kier alpha value is -4.15. The van der Waals surface area contributed by atoms with E-state index < -0.39 is 53.4 Å². The van der Waals surface area contributed by atoms with Crippen LogP contribution in [0.2, 0.25) is 0 Å². The summed E-state index contributed by atoms with van der Waals surface area (Å²) in [5, 5.41) is 15.7. The van der Waals surface area contributed by atoms with Crippen LogP contribution in [0.15, 0.2) is 54.9 Å². The van der Waals surface area contributed by atoms with Crippen molar-refractivity contribution in [2.45, 2.75) is 57.5 Å². The zero-order valence-electron chi connectivity index (χ0n) is 24.3. The number of benzene rings is 2. The molecule has 2 heterocycles. The van der Waals surface area contributed by atoms with Crippen molar-refractivity contribution in [2.75, 3.05) is 18.5 Å². The Morgan fingerprint density at radius 1 is 0.844 bits per heavy atom. The maximum atomic E-state index is 13.9. The van der Waals surface area contributed by atoms with Gasteiger partial charge >= 0.3 is 18.5 Å². The minimum atomic E-state index is -5.09. The van der Waals surface area contributed by atoms with E-state index in [-0.39, 0.29) is 24.1 Å². The maximum Gasteiger partial charge on any atom is 0.416 e. The molecule has 0 bridgehead atoms. The maximum absolute atomic E-state index is 13.9. The van der Waals surface area contributed by atoms with Gasteiger partial charge in [0, 0.05) is 38.1 Å². The molecule has 17 heteroatoms. The quantitative estimate of drug-likeness (QED) is 0.168. The van der Waals surface area contributed by atoms with Gasteiger partial charge in [0.05, 0.1) is 30.3 Å². The Kier molecular flexibility index (Phi) is 9.80. The Morgan fingerprint density at radius 3 is 2.00 bits per heavy atom. The summed E-state index contributed by atoms with van der Waals surface area (Å²) in [6.07, 6.45) is -11.0. The van der Waals surface area contributed by atoms with Gasteiger partial charge < -0.3 is 4.90 Å². The molecule has 0 aliphatic carbocycles. The van der Waals surface area contributed by atoms with Crippen molar-refractivity contribution in [3.63, 3.8) is 0 Å². The van der Waals surface area contributed by atoms with Crippen molar-refractivity contribution in [2.24, 2.45) is 7.05 Å². The fourth-order valence-corrected chi connectivity index (χ4v) is 5.00. The third-order valence-electron chi connectivity index (χ3n) is 7.15. The van der Waals surface area contributed by atoms with Crippen molar-refractivity contribution >= 4 is 5.95 Å². The molecule has 0 saturated carbocycles. The molecule has 244 valence electrons. The number of tetrazole rings is 1. The van der Waals surface area contributed by atoms with Crippen molar-refractivity contribution in [3.05, 3.63) is 88.2 Å². The lowest BCUT2D eigenvalue weighted by atomic mass is 9.94. The molecule has 0 saturated heterocycles. The van der Waals surface area contributed by atoms with Gasteiger partial charge in [-0.2, -0.15) is 49.4 Å². The molecular weight excluding hydrogens is 619 g/mol. The van der Waals surface area contributed by atoms with Crippen LogP contribution in [-0.2, 0) is 45.2 Å². The molecule has 0 fully saturated rings. The van der Waals surface area contributed by atoms with Crippen molar-refractivity contribution < 1.29 is 39.5 Å². The van der Waals surface area contributed by atoms with Crippen LogP contribution < -0.4 is 4.90 Å². The zero-order valence-corrected chi connectivity index (χ0v) is 24.3. The number of halogens is 9. The average molecular weight is 649 g/mol. The van der Waals surface area contributed by atoms with E-state index in [4.69, 9.17) is 0 Å². The molecular formula is C28H29F9N8. The normalized spacial score (nSPS) is 13.4. The highest BCUT2D eigenvalue weighted by Crippen LogP contribution is 2.38. The monoisotopic (exact) mass is 648 g/mol. The first-order chi connectivity index (χ1) is 21.0. The lowest BCUT2D eigenvalue weighted by Crippen LogP contribution is -2.30. The molecule has 2 aromatic heterocycles. The van der Waals surface area contributed by atoms with E-state index in [1.807, 2.05) is 11.8 Å². The van der Waals surface area contributed by atoms with E-state index in [2.05, 4.69) is 20.5 Å². The summed E-state index contributed by atoms with van der Waals surface area (Å²) in [6, 6.07) is 5.68. The summed E-state index contributed by atoms with van der Waals surface area (Å²) in [4.78, 5) is 4.14. The van der Waals surface area contributed by atoms with Crippen LogP contribution in [-0.4, -0.2) is 48.5 Å². The van der Waals surface area contributed by atoms with Crippen LogP contribution in [0.25, 0.3) is 0 Å². The molecule has 2 aromatic carbocycles. The molecule has 45 heavy (non-hydrogen) atoms. The molecule has 0 radical (unpaired) electrons. The number of hydrogen-bond donors (Lipinski definition) is 0. The van der Waals surface area contributed by atoms with Gasteiger partial charge in [0.15, 0.2) is 0 Å². The second kappa shape index (κ2) is 13.1. The van der Waals surface area contributed by atoms with Gasteiger partial charge in [0.25, 0.3) is 5.95 Å². The van der Waals surface area contributed by atoms with E-state index in [0.29, 0.717) is 37.2 Å². The molecule has 1 unspecified atom stereocenters. The Bertz CT molecular complexity index is 1530. The lowest BCUT2D eigenvalue weighted by Gasteiger charge is -2.31. The zero-order chi connectivity index (χ0) is 33.2. The first-order valence-corrected chi connectivity index (χ1v) is 13.6. The Morgan fingerprint density at radius 2 is 1.49 bits per heavy atom. The summed E-state index contributed by atoms with van der Waals surface area (Å²) in [7, 11) is 3.18. The molecule has 0 aliphatic rings. The van der Waals surface area contributed by atoms with E-state index in [1.54, 1.807) is 30.2 Å². The summed E-state index contributed by atoms with van der Waals surface area (Å²) >= 11 is 0. The van der Waals surface area contributed by atoms with Crippen molar-refractivity contribution in [1.29, 1.82) is 0 Å². The number of hydrogen-bond acceptors (Lipinski definition) is 6. The number of rotatable bonds is 11. The van der Waals surface area contributed by atoms with Gasteiger partial charge in [-0.15, -0.1) is 5.10 Å². The summed E-state index contributed by atoms with van der Waals surface area (Å²) < 4.78 is 125. The number of anilines is 1. The number of aryl methyl sites for hydroxylation is 1. The summed E-state index contributed by atoms with van der Waals surface area (Å²) in [5.41, 5.74) is -3.80. The molecule has 8 nitrogen and oxygen atoms in total. The van der Waals surface area contributed by atoms with E-state index >= 15 is 0 Å². The first kappa shape index (κ1) is 33.7. The number of aromatic nitrogens is 6. The molecule has 4 aromatic rings. The average Bonchev–Trinajstić information content (AvgIpc) is 3.63. The molecule has 0 amide bonds. The Labute approximate surface area is 252 Å². The fraction of sp³-hybridized carbons (Fsp3) is 0.429. The minimum Gasteiger partial charge on any atom is -0.330 e. The van der Waals surface area contributed by atoms with E-state index in [1.165, 1.54) is 18.0 Å². The molecule has 0 N–H and O–H groups in total. The van der Waals surface area contributed by atoms with Crippen LogP contribution in [0.5, 0.6) is 0 Å². The van der Waals surface area contributed by atoms with Crippen molar-refractivity contribution in [3.8, 4) is 0 Å². The fourth-order valence-electron chi connectivity index (χ4n) is 5.00. The van der Waals surface area contributed by atoms with Gasteiger partial charge in [-0.3, -0.25) is 9.58 Å². The molecule has 0 aliphatic heterocycles. The van der Waals surface area contributed by atoms with Gasteiger partial charge in [0.1, 0.15) is 0 Å². The van der Waals surface area contributed by atoms with Crippen LogP contribution in [0.4, 0.5) is 45.5 Å². The highest BCUT2D eigenvalue weighted by atomic mass is 19.4. The molecule has 1 atom stereocenters. The number of alkyl halides is 9. The lowest BCUT2D eigenvalue weighted by molar-refractivity contribution is -0.143. The van der Waals surface area contributed by atoms with Crippen LogP contribution in [0.3, 0.4) is 0 Å². The third-order valence-corrected chi connectivity index (χ3v) is 7.15. The smallest absolute Gasteiger partial charge is 0.330 e. The predicted octanol–water partition coefficient (Wildman–Crippen LogP) is 6.75. The second-order valence-corrected chi connectivity index (χ2v) is 10.4. The largest absolute Gasteiger partial charge is 0.416 e. The van der Waals surface area contributed by atoms with Crippen LogP contribution in [0.1, 0.15) is 52.8 Å². The standard InChI is InChI=1S/C28H29F9N8/c1-4-24(42(2)10-11-45-9-5-8-38-45)23-7-6-20(26(29,30)31)14-19(23)17-44(25-39-41-43(3)40-25)16-18-12-21(27(32,33)34)15-22(13-18)28(35,36)37/h5-9,12-15,24H,4,10-11,16-17H2,1-3H3. The van der Waals surface area contributed by atoms with E-state index in [9.17, 15) is 39.5 Å². The number of nitrogens with zero attached hydrogens (tertiary/aromatic N) is 8. The first-order valence-electron chi connectivity index (χ1n) is 13.6. The summed E-state index contributed by atoms with van der Waals surface area (Å²) in [6.45, 7) is 1.83. The summed E-state index contributed by atoms with van der Waals surface area (Å²) in [5.74, 6) is -0.202. The van der Waals surface area contributed by atoms with Crippen LogP contribution >= 0.6 is 0 Å². The topological polar surface area (TPSA) is 67.9 Å². The third kappa shape index (κ3) is 8.52.